The highest BCUT2D eigenvalue weighted by atomic mass is 32.2. The first kappa shape index (κ1) is 25.7. The zero-order valence-corrected chi connectivity index (χ0v) is 21.8. The molecule has 0 saturated heterocycles. The Bertz CT molecular complexity index is 1530. The van der Waals surface area contributed by atoms with Gasteiger partial charge in [-0.05, 0) is 48.7 Å². The highest BCUT2D eigenvalue weighted by molar-refractivity contribution is 7.90. The number of amides is 1. The number of carbonyl (C=O) groups excluding carboxylic acids is 1. The molecule has 1 heterocycles. The van der Waals surface area contributed by atoms with E-state index >= 15 is 0 Å². The molecule has 9 heteroatoms. The van der Waals surface area contributed by atoms with Gasteiger partial charge in [0.15, 0.2) is 0 Å². The van der Waals surface area contributed by atoms with E-state index < -0.39 is 21.4 Å². The van der Waals surface area contributed by atoms with Gasteiger partial charge in [-0.2, -0.15) is 0 Å². The van der Waals surface area contributed by atoms with Gasteiger partial charge in [0.25, 0.3) is 5.91 Å². The fourth-order valence-corrected chi connectivity index (χ4v) is 5.92. The van der Waals surface area contributed by atoms with E-state index in [0.29, 0.717) is 17.0 Å². The first-order valence-electron chi connectivity index (χ1n) is 12.4. The summed E-state index contributed by atoms with van der Waals surface area (Å²) < 4.78 is 48.1. The molecule has 196 valence electrons. The van der Waals surface area contributed by atoms with E-state index in [-0.39, 0.29) is 35.8 Å². The van der Waals surface area contributed by atoms with Crippen LogP contribution in [0.1, 0.15) is 40.0 Å². The van der Waals surface area contributed by atoms with Gasteiger partial charge < -0.3 is 14.2 Å². The number of halogens is 1. The normalized spacial score (nSPS) is 13.3. The summed E-state index contributed by atoms with van der Waals surface area (Å²) in [6, 6.07) is 22.3. The third kappa shape index (κ3) is 5.62. The molecule has 1 fully saturated rings. The summed E-state index contributed by atoms with van der Waals surface area (Å²) in [4.78, 5) is 19.5. The predicted molar refractivity (Wildman–Crippen MR) is 141 cm³/mol. The zero-order valence-electron chi connectivity index (χ0n) is 21.0. The van der Waals surface area contributed by atoms with E-state index in [1.54, 1.807) is 46.9 Å². The van der Waals surface area contributed by atoms with Crippen LogP contribution in [-0.4, -0.2) is 41.9 Å². The predicted octanol–water partition coefficient (Wildman–Crippen LogP) is 4.86. The summed E-state index contributed by atoms with van der Waals surface area (Å²) in [5.74, 6) is -0.576. The van der Waals surface area contributed by atoms with Gasteiger partial charge in [-0.1, -0.05) is 48.5 Å². The molecule has 1 aliphatic carbocycles. The van der Waals surface area contributed by atoms with Crippen molar-refractivity contribution in [3.05, 3.63) is 113 Å². The van der Waals surface area contributed by atoms with Crippen LogP contribution in [0.25, 0.3) is 0 Å². The van der Waals surface area contributed by atoms with Crippen molar-refractivity contribution >= 4 is 15.7 Å². The second-order valence-corrected chi connectivity index (χ2v) is 11.2. The van der Waals surface area contributed by atoms with Gasteiger partial charge in [0.1, 0.15) is 11.6 Å². The number of ether oxygens (including phenoxy) is 1. The number of benzene rings is 3. The molecule has 0 N–H and O–H groups in total. The molecule has 3 aromatic carbocycles. The topological polar surface area (TPSA) is 81.5 Å². The summed E-state index contributed by atoms with van der Waals surface area (Å²) in [5.41, 5.74) is 2.08. The van der Waals surface area contributed by atoms with Crippen LogP contribution in [-0.2, 0) is 28.7 Å². The largest absolute Gasteiger partial charge is 0.497 e. The fraction of sp³-hybridized carbons (Fsp3) is 0.241. The number of carbonyl (C=O) groups is 1. The van der Waals surface area contributed by atoms with Gasteiger partial charge in [-0.25, -0.2) is 17.8 Å². The van der Waals surface area contributed by atoms with Crippen LogP contribution in [0.15, 0.2) is 90.2 Å². The standard InChI is InChI=1S/C29H28FN3O4S/c1-37-26-15-11-22(12-16-26)28(34)32(24-13-14-24)19-25-17-31-29(33(25)18-21-7-3-2-4-8-21)38(35,36)20-23-9-5-6-10-27(23)30/h2-12,15-17,24H,13-14,18-20H2,1H3. The lowest BCUT2D eigenvalue weighted by molar-refractivity contribution is 0.0725. The molecule has 1 aromatic heterocycles. The molecule has 1 saturated carbocycles. The number of methoxy groups -OCH3 is 1. The van der Waals surface area contributed by atoms with E-state index in [0.717, 1.165) is 18.4 Å². The van der Waals surface area contributed by atoms with Crippen molar-refractivity contribution < 1.29 is 22.3 Å². The summed E-state index contributed by atoms with van der Waals surface area (Å²) in [7, 11) is -2.42. The van der Waals surface area contributed by atoms with Crippen LogP contribution in [0.3, 0.4) is 0 Å². The Kier molecular flexibility index (Phi) is 7.28. The third-order valence-electron chi connectivity index (χ3n) is 6.58. The van der Waals surface area contributed by atoms with E-state index in [1.165, 1.54) is 24.4 Å². The average Bonchev–Trinajstić information content (AvgIpc) is 3.69. The smallest absolute Gasteiger partial charge is 0.254 e. The molecule has 1 amide bonds. The minimum Gasteiger partial charge on any atom is -0.497 e. The summed E-state index contributed by atoms with van der Waals surface area (Å²) >= 11 is 0. The molecular formula is C29H28FN3O4S. The Balaban J connectivity index is 1.49. The van der Waals surface area contributed by atoms with Crippen LogP contribution >= 0.6 is 0 Å². The molecule has 5 rings (SSSR count). The van der Waals surface area contributed by atoms with Crippen LogP contribution < -0.4 is 4.74 Å². The molecule has 0 aliphatic heterocycles. The Morgan fingerprint density at radius 3 is 2.37 bits per heavy atom. The van der Waals surface area contributed by atoms with Crippen molar-refractivity contribution in [2.45, 2.75) is 42.9 Å². The SMILES string of the molecule is COc1ccc(C(=O)N(Cc2cnc(S(=O)(=O)Cc3ccccc3F)n2Cc2ccccc2)C2CC2)cc1. The quantitative estimate of drug-likeness (QED) is 0.291. The second-order valence-electron chi connectivity index (χ2n) is 9.35. The lowest BCUT2D eigenvalue weighted by Gasteiger charge is -2.24. The maximum atomic E-state index is 14.3. The lowest BCUT2D eigenvalue weighted by atomic mass is 10.1. The van der Waals surface area contributed by atoms with E-state index in [4.69, 9.17) is 4.74 Å². The number of rotatable bonds is 10. The van der Waals surface area contributed by atoms with Crippen molar-refractivity contribution in [2.75, 3.05) is 7.11 Å². The van der Waals surface area contributed by atoms with Crippen LogP contribution in [0, 0.1) is 5.82 Å². The summed E-state index contributed by atoms with van der Waals surface area (Å²) in [6.45, 7) is 0.446. The average molecular weight is 534 g/mol. The Hall–Kier alpha value is -3.98. The van der Waals surface area contributed by atoms with Gasteiger partial charge in [0.2, 0.25) is 15.0 Å². The van der Waals surface area contributed by atoms with Crippen molar-refractivity contribution in [2.24, 2.45) is 0 Å². The summed E-state index contributed by atoms with van der Waals surface area (Å²) in [5, 5.41) is -0.146. The van der Waals surface area contributed by atoms with Crippen molar-refractivity contribution in [3.8, 4) is 5.75 Å². The number of aromatic nitrogens is 2. The van der Waals surface area contributed by atoms with Crippen molar-refractivity contribution in [1.29, 1.82) is 0 Å². The Morgan fingerprint density at radius 1 is 1.03 bits per heavy atom. The highest BCUT2D eigenvalue weighted by Gasteiger charge is 2.35. The molecule has 4 aromatic rings. The molecule has 0 unspecified atom stereocenters. The van der Waals surface area contributed by atoms with Gasteiger partial charge in [0.05, 0.1) is 37.8 Å². The number of hydrogen-bond acceptors (Lipinski definition) is 5. The highest BCUT2D eigenvalue weighted by Crippen LogP contribution is 2.31. The Labute approximate surface area is 221 Å². The molecule has 0 bridgehead atoms. The number of sulfone groups is 1. The van der Waals surface area contributed by atoms with E-state index in [2.05, 4.69) is 4.98 Å². The lowest BCUT2D eigenvalue weighted by Crippen LogP contribution is -2.33. The van der Waals surface area contributed by atoms with Gasteiger partial charge in [-0.3, -0.25) is 4.79 Å². The van der Waals surface area contributed by atoms with E-state index in [9.17, 15) is 17.6 Å². The maximum Gasteiger partial charge on any atom is 0.254 e. The van der Waals surface area contributed by atoms with Gasteiger partial charge >= 0.3 is 0 Å². The molecular weight excluding hydrogens is 505 g/mol. The fourth-order valence-electron chi connectivity index (χ4n) is 4.41. The van der Waals surface area contributed by atoms with Crippen LogP contribution in [0.5, 0.6) is 5.75 Å². The zero-order chi connectivity index (χ0) is 26.7. The Morgan fingerprint density at radius 2 is 1.71 bits per heavy atom. The molecule has 7 nitrogen and oxygen atoms in total. The molecule has 0 spiro atoms. The van der Waals surface area contributed by atoms with Crippen LogP contribution in [0.4, 0.5) is 4.39 Å². The number of imidazole rings is 1. The summed E-state index contributed by atoms with van der Waals surface area (Å²) in [6.07, 6.45) is 3.27. The first-order valence-corrected chi connectivity index (χ1v) is 14.0. The molecule has 0 radical (unpaired) electrons. The first-order chi connectivity index (χ1) is 18.4. The maximum absolute atomic E-state index is 14.3. The van der Waals surface area contributed by atoms with Crippen molar-refractivity contribution in [1.82, 2.24) is 14.5 Å². The van der Waals surface area contributed by atoms with E-state index in [1.807, 2.05) is 30.3 Å². The molecule has 0 atom stereocenters. The van der Waals surface area contributed by atoms with Gasteiger partial charge in [-0.15, -0.1) is 0 Å². The molecule has 38 heavy (non-hydrogen) atoms. The number of nitrogens with zero attached hydrogens (tertiary/aromatic N) is 3. The molecule has 1 aliphatic rings. The third-order valence-corrected chi connectivity index (χ3v) is 8.16. The van der Waals surface area contributed by atoms with Crippen molar-refractivity contribution in [3.63, 3.8) is 0 Å². The monoisotopic (exact) mass is 533 g/mol. The second kappa shape index (κ2) is 10.8. The number of hydrogen-bond donors (Lipinski definition) is 0. The minimum absolute atomic E-state index is 0.0724. The van der Waals surface area contributed by atoms with Crippen LogP contribution in [0.2, 0.25) is 0 Å². The minimum atomic E-state index is -3.99. The van der Waals surface area contributed by atoms with Gasteiger partial charge in [0, 0.05) is 17.2 Å².